The molecule has 1 amide bonds. The molecule has 0 bridgehead atoms. The van der Waals surface area contributed by atoms with E-state index in [-0.39, 0.29) is 5.91 Å². The molecular formula is C24H32N2O. The topological polar surface area (TPSA) is 32.3 Å². The largest absolute Gasteiger partial charge is 0.352 e. The molecule has 3 nitrogen and oxygen atoms in total. The predicted octanol–water partition coefficient (Wildman–Crippen LogP) is 4.77. The highest BCUT2D eigenvalue weighted by Crippen LogP contribution is 2.16. The first-order chi connectivity index (χ1) is 13.1. The molecule has 0 spiro atoms. The molecule has 1 saturated heterocycles. The Kier molecular flexibility index (Phi) is 7.05. The minimum atomic E-state index is 0.0258. The Morgan fingerprint density at radius 1 is 0.963 bits per heavy atom. The van der Waals surface area contributed by atoms with Crippen LogP contribution in [0.2, 0.25) is 0 Å². The van der Waals surface area contributed by atoms with Crippen LogP contribution in [0.5, 0.6) is 0 Å². The molecule has 0 aliphatic carbocycles. The van der Waals surface area contributed by atoms with Gasteiger partial charge in [-0.3, -0.25) is 9.69 Å². The predicted molar refractivity (Wildman–Crippen MR) is 112 cm³/mol. The van der Waals surface area contributed by atoms with E-state index >= 15 is 0 Å². The average molecular weight is 365 g/mol. The molecule has 0 aromatic heterocycles. The van der Waals surface area contributed by atoms with E-state index < -0.39 is 0 Å². The molecule has 2 aromatic carbocycles. The van der Waals surface area contributed by atoms with Crippen LogP contribution in [-0.4, -0.2) is 30.4 Å². The lowest BCUT2D eigenvalue weighted by Gasteiger charge is -2.14. The summed E-state index contributed by atoms with van der Waals surface area (Å²) in [6.07, 6.45) is 4.57. The highest BCUT2D eigenvalue weighted by atomic mass is 16.1. The zero-order valence-corrected chi connectivity index (χ0v) is 16.7. The zero-order valence-electron chi connectivity index (χ0n) is 16.7. The minimum absolute atomic E-state index is 0.0258. The van der Waals surface area contributed by atoms with Crippen LogP contribution >= 0.6 is 0 Å². The maximum atomic E-state index is 12.3. The molecule has 0 atom stereocenters. The van der Waals surface area contributed by atoms with Gasteiger partial charge in [-0.05, 0) is 73.5 Å². The summed E-state index contributed by atoms with van der Waals surface area (Å²) in [6, 6.07) is 16.9. The number of benzene rings is 2. The van der Waals surface area contributed by atoms with Crippen molar-refractivity contribution < 1.29 is 4.79 Å². The fourth-order valence-corrected chi connectivity index (χ4v) is 3.63. The maximum absolute atomic E-state index is 12.3. The van der Waals surface area contributed by atoms with E-state index in [9.17, 15) is 4.79 Å². The quantitative estimate of drug-likeness (QED) is 0.685. The summed E-state index contributed by atoms with van der Waals surface area (Å²) in [4.78, 5) is 14.8. The molecule has 0 radical (unpaired) electrons. The van der Waals surface area contributed by atoms with Crippen molar-refractivity contribution in [3.8, 4) is 0 Å². The van der Waals surface area contributed by atoms with Crippen LogP contribution in [0.25, 0.3) is 0 Å². The van der Waals surface area contributed by atoms with Gasteiger partial charge in [0.2, 0.25) is 0 Å². The molecule has 3 rings (SSSR count). The van der Waals surface area contributed by atoms with Crippen molar-refractivity contribution >= 4 is 5.91 Å². The van der Waals surface area contributed by atoms with Gasteiger partial charge in [-0.15, -0.1) is 0 Å². The van der Waals surface area contributed by atoms with E-state index in [0.717, 1.165) is 24.9 Å². The van der Waals surface area contributed by atoms with Gasteiger partial charge < -0.3 is 5.32 Å². The van der Waals surface area contributed by atoms with E-state index in [2.05, 4.69) is 60.5 Å². The molecule has 27 heavy (non-hydrogen) atoms. The third-order valence-corrected chi connectivity index (χ3v) is 5.40. The number of carbonyl (C=O) groups excluding carboxylic acids is 1. The number of nitrogens with zero attached hydrogens (tertiary/aromatic N) is 1. The second-order valence-electron chi connectivity index (χ2n) is 7.94. The summed E-state index contributed by atoms with van der Waals surface area (Å²) >= 11 is 0. The molecule has 2 aromatic rings. The smallest absolute Gasteiger partial charge is 0.251 e. The number of rotatable bonds is 8. The Balaban J connectivity index is 1.39. The first-order valence-corrected chi connectivity index (χ1v) is 10.3. The minimum Gasteiger partial charge on any atom is -0.352 e. The van der Waals surface area contributed by atoms with Gasteiger partial charge in [-0.25, -0.2) is 0 Å². The summed E-state index contributed by atoms with van der Waals surface area (Å²) in [7, 11) is 0. The molecule has 1 N–H and O–H groups in total. The van der Waals surface area contributed by atoms with Gasteiger partial charge in [0.05, 0.1) is 0 Å². The molecule has 0 saturated carbocycles. The lowest BCUT2D eigenvalue weighted by Crippen LogP contribution is -2.25. The Morgan fingerprint density at radius 3 is 2.22 bits per heavy atom. The van der Waals surface area contributed by atoms with Gasteiger partial charge in [-0.2, -0.15) is 0 Å². The Bertz CT molecular complexity index is 713. The van der Waals surface area contributed by atoms with E-state index in [1.54, 1.807) is 0 Å². The summed E-state index contributed by atoms with van der Waals surface area (Å²) in [5.74, 6) is 0.595. The first-order valence-electron chi connectivity index (χ1n) is 10.3. The fraction of sp³-hybridized carbons (Fsp3) is 0.458. The maximum Gasteiger partial charge on any atom is 0.251 e. The van der Waals surface area contributed by atoms with Crippen molar-refractivity contribution in [2.24, 2.45) is 0 Å². The third-order valence-electron chi connectivity index (χ3n) is 5.40. The van der Waals surface area contributed by atoms with Gasteiger partial charge in [0.15, 0.2) is 0 Å². The van der Waals surface area contributed by atoms with Crippen LogP contribution in [0, 0.1) is 0 Å². The molecule has 0 unspecified atom stereocenters. The van der Waals surface area contributed by atoms with Crippen LogP contribution in [-0.2, 0) is 13.0 Å². The lowest BCUT2D eigenvalue weighted by atomic mass is 10.0. The number of hydrogen-bond donors (Lipinski definition) is 1. The van der Waals surface area contributed by atoms with Crippen LogP contribution < -0.4 is 5.32 Å². The first kappa shape index (κ1) is 19.6. The van der Waals surface area contributed by atoms with Crippen LogP contribution in [0.3, 0.4) is 0 Å². The van der Waals surface area contributed by atoms with E-state index in [4.69, 9.17) is 0 Å². The van der Waals surface area contributed by atoms with Crippen molar-refractivity contribution in [1.29, 1.82) is 0 Å². The van der Waals surface area contributed by atoms with Gasteiger partial charge in [0, 0.05) is 18.7 Å². The van der Waals surface area contributed by atoms with Crippen LogP contribution in [0.4, 0.5) is 0 Å². The fourth-order valence-electron chi connectivity index (χ4n) is 3.63. The van der Waals surface area contributed by atoms with Crippen molar-refractivity contribution in [3.05, 3.63) is 70.8 Å². The van der Waals surface area contributed by atoms with Crippen molar-refractivity contribution in [2.45, 2.75) is 52.0 Å². The number of nitrogens with one attached hydrogen (secondary N) is 1. The molecule has 1 aliphatic heterocycles. The second-order valence-corrected chi connectivity index (χ2v) is 7.94. The van der Waals surface area contributed by atoms with Gasteiger partial charge in [0.25, 0.3) is 5.91 Å². The standard InChI is InChI=1S/C24H32N2O/c1-19(2)22-11-7-20(8-12-22)6-5-15-25-24(27)23-13-9-21(10-14-23)18-26-16-3-4-17-26/h7-14,19H,3-6,15-18H2,1-2H3,(H,25,27). The van der Waals surface area contributed by atoms with E-state index in [1.807, 2.05) is 12.1 Å². The SMILES string of the molecule is CC(C)c1ccc(CCCNC(=O)c2ccc(CN3CCCC3)cc2)cc1. The summed E-state index contributed by atoms with van der Waals surface area (Å²) in [5.41, 5.74) is 4.75. The number of hydrogen-bond acceptors (Lipinski definition) is 2. The Labute approximate surface area is 163 Å². The molecule has 144 valence electrons. The number of carbonyl (C=O) groups is 1. The van der Waals surface area contributed by atoms with Gasteiger partial charge >= 0.3 is 0 Å². The Hall–Kier alpha value is -2.13. The highest BCUT2D eigenvalue weighted by molar-refractivity contribution is 5.94. The highest BCUT2D eigenvalue weighted by Gasteiger charge is 2.12. The average Bonchev–Trinajstić information content (AvgIpc) is 3.19. The normalized spacial score (nSPS) is 14.6. The molecule has 1 aliphatic rings. The van der Waals surface area contributed by atoms with Crippen molar-refractivity contribution in [2.75, 3.05) is 19.6 Å². The number of likely N-dealkylation sites (tertiary alicyclic amines) is 1. The van der Waals surface area contributed by atoms with Gasteiger partial charge in [0.1, 0.15) is 0 Å². The molecular weight excluding hydrogens is 332 g/mol. The van der Waals surface area contributed by atoms with Crippen LogP contribution in [0.1, 0.15) is 66.1 Å². The lowest BCUT2D eigenvalue weighted by molar-refractivity contribution is 0.0953. The van der Waals surface area contributed by atoms with Gasteiger partial charge in [-0.1, -0.05) is 50.2 Å². The van der Waals surface area contributed by atoms with Crippen LogP contribution in [0.15, 0.2) is 48.5 Å². The summed E-state index contributed by atoms with van der Waals surface area (Å²) < 4.78 is 0. The molecule has 1 heterocycles. The van der Waals surface area contributed by atoms with E-state index in [1.165, 1.54) is 42.6 Å². The third kappa shape index (κ3) is 5.93. The zero-order chi connectivity index (χ0) is 19.1. The molecule has 3 heteroatoms. The van der Waals surface area contributed by atoms with Crippen molar-refractivity contribution in [3.63, 3.8) is 0 Å². The Morgan fingerprint density at radius 2 is 1.59 bits per heavy atom. The van der Waals surface area contributed by atoms with E-state index in [0.29, 0.717) is 12.5 Å². The van der Waals surface area contributed by atoms with Crippen molar-refractivity contribution in [1.82, 2.24) is 10.2 Å². The second kappa shape index (κ2) is 9.70. The number of amides is 1. The summed E-state index contributed by atoms with van der Waals surface area (Å²) in [5, 5.41) is 3.04. The monoisotopic (exact) mass is 364 g/mol. The number of aryl methyl sites for hydroxylation is 1. The summed E-state index contributed by atoms with van der Waals surface area (Å²) in [6.45, 7) is 8.52. The molecule has 1 fully saturated rings.